The summed E-state index contributed by atoms with van der Waals surface area (Å²) in [4.78, 5) is 2.33. The highest BCUT2D eigenvalue weighted by Crippen LogP contribution is 2.28. The van der Waals surface area contributed by atoms with Crippen molar-refractivity contribution in [3.8, 4) is 0 Å². The second-order valence-electron chi connectivity index (χ2n) is 5.58. The third-order valence-electron chi connectivity index (χ3n) is 4.00. The van der Waals surface area contributed by atoms with Crippen LogP contribution in [0.15, 0.2) is 30.9 Å². The summed E-state index contributed by atoms with van der Waals surface area (Å²) in [6, 6.07) is 3.99. The monoisotopic (exact) mass is 330 g/mol. The van der Waals surface area contributed by atoms with Crippen LogP contribution in [0.4, 0.5) is 8.78 Å². The summed E-state index contributed by atoms with van der Waals surface area (Å²) in [5.74, 6) is -0.979. The smallest absolute Gasteiger partial charge is 0.126 e. The van der Waals surface area contributed by atoms with E-state index in [1.807, 2.05) is 6.08 Å². The topological polar surface area (TPSA) is 15.3 Å². The zero-order chi connectivity index (χ0) is 15.1. The van der Waals surface area contributed by atoms with Crippen LogP contribution in [0.1, 0.15) is 37.3 Å². The average Bonchev–Trinajstić information content (AvgIpc) is 2.47. The summed E-state index contributed by atoms with van der Waals surface area (Å²) in [5.41, 5.74) is 0.757. The quantitative estimate of drug-likeness (QED) is 0.598. The molecule has 0 aliphatic carbocycles. The first-order chi connectivity index (χ1) is 10.2. The molecule has 1 fully saturated rings. The maximum absolute atomic E-state index is 13.5. The molecule has 0 spiro atoms. The number of nitrogens with one attached hydrogen (secondary N) is 1. The SMILES string of the molecule is C=CCCCC[C@@H](c1cc(F)cc(F)c1)N1CCNCC1.Cl. The molecule has 0 amide bonds. The average molecular weight is 331 g/mol. The molecule has 0 bridgehead atoms. The minimum Gasteiger partial charge on any atom is -0.314 e. The van der Waals surface area contributed by atoms with Crippen molar-refractivity contribution in [2.24, 2.45) is 0 Å². The molecule has 124 valence electrons. The number of rotatable bonds is 7. The van der Waals surface area contributed by atoms with E-state index in [1.165, 1.54) is 12.1 Å². The fraction of sp³-hybridized carbons (Fsp3) is 0.529. The molecule has 1 N–H and O–H groups in total. The third kappa shape index (κ3) is 5.67. The van der Waals surface area contributed by atoms with Crippen molar-refractivity contribution in [2.45, 2.75) is 31.7 Å². The van der Waals surface area contributed by atoms with Crippen molar-refractivity contribution in [1.29, 1.82) is 0 Å². The lowest BCUT2D eigenvalue weighted by atomic mass is 9.97. The second-order valence-corrected chi connectivity index (χ2v) is 5.58. The van der Waals surface area contributed by atoms with Gasteiger partial charge in [-0.05, 0) is 37.0 Å². The van der Waals surface area contributed by atoms with Crippen LogP contribution in [0.2, 0.25) is 0 Å². The summed E-state index contributed by atoms with van der Waals surface area (Å²) < 4.78 is 27.0. The van der Waals surface area contributed by atoms with Crippen LogP contribution >= 0.6 is 12.4 Å². The molecule has 0 radical (unpaired) electrons. The lowest BCUT2D eigenvalue weighted by molar-refractivity contribution is 0.162. The van der Waals surface area contributed by atoms with Gasteiger partial charge in [0, 0.05) is 38.3 Å². The Morgan fingerprint density at radius 2 is 1.77 bits per heavy atom. The van der Waals surface area contributed by atoms with Crippen molar-refractivity contribution in [1.82, 2.24) is 10.2 Å². The third-order valence-corrected chi connectivity index (χ3v) is 4.00. The first-order valence-electron chi connectivity index (χ1n) is 7.72. The van der Waals surface area contributed by atoms with Gasteiger partial charge in [0.05, 0.1) is 0 Å². The van der Waals surface area contributed by atoms with Gasteiger partial charge in [0.1, 0.15) is 11.6 Å². The number of piperazine rings is 1. The van der Waals surface area contributed by atoms with Gasteiger partial charge in [0.15, 0.2) is 0 Å². The van der Waals surface area contributed by atoms with Gasteiger partial charge in [-0.2, -0.15) is 0 Å². The summed E-state index contributed by atoms with van der Waals surface area (Å²) in [7, 11) is 0. The van der Waals surface area contributed by atoms with E-state index in [4.69, 9.17) is 0 Å². The van der Waals surface area contributed by atoms with E-state index in [9.17, 15) is 8.78 Å². The minimum absolute atomic E-state index is 0. The Morgan fingerprint density at radius 3 is 2.36 bits per heavy atom. The van der Waals surface area contributed by atoms with Crippen LogP contribution < -0.4 is 5.32 Å². The van der Waals surface area contributed by atoms with Crippen molar-refractivity contribution in [3.05, 3.63) is 48.1 Å². The Bertz CT molecular complexity index is 442. The van der Waals surface area contributed by atoms with E-state index in [0.717, 1.165) is 63.5 Å². The van der Waals surface area contributed by atoms with Gasteiger partial charge in [-0.1, -0.05) is 12.5 Å². The maximum atomic E-state index is 13.5. The van der Waals surface area contributed by atoms with Gasteiger partial charge in [0.2, 0.25) is 0 Å². The number of nitrogens with zero attached hydrogens (tertiary/aromatic N) is 1. The standard InChI is InChI=1S/C17H24F2N2.ClH/c1-2-3-4-5-6-17(21-9-7-20-8-10-21)14-11-15(18)13-16(19)12-14;/h2,11-13,17,20H,1,3-10H2;1H/t17-;/m0./s1. The van der Waals surface area contributed by atoms with E-state index in [-0.39, 0.29) is 18.4 Å². The van der Waals surface area contributed by atoms with E-state index >= 15 is 0 Å². The molecule has 1 heterocycles. The Labute approximate surface area is 138 Å². The highest BCUT2D eigenvalue weighted by molar-refractivity contribution is 5.85. The fourth-order valence-electron chi connectivity index (χ4n) is 2.95. The van der Waals surface area contributed by atoms with E-state index in [2.05, 4.69) is 16.8 Å². The van der Waals surface area contributed by atoms with Crippen LogP contribution in [0.3, 0.4) is 0 Å². The molecule has 0 saturated carbocycles. The molecule has 2 rings (SSSR count). The molecule has 1 saturated heterocycles. The van der Waals surface area contributed by atoms with Gasteiger partial charge >= 0.3 is 0 Å². The molecular formula is C17H25ClF2N2. The van der Waals surface area contributed by atoms with Gasteiger partial charge in [-0.3, -0.25) is 4.90 Å². The number of hydrogen-bond donors (Lipinski definition) is 1. The zero-order valence-corrected chi connectivity index (χ0v) is 13.7. The van der Waals surface area contributed by atoms with Gasteiger partial charge in [0.25, 0.3) is 0 Å². The number of unbranched alkanes of at least 4 members (excludes halogenated alkanes) is 2. The number of hydrogen-bond acceptors (Lipinski definition) is 2. The van der Waals surface area contributed by atoms with E-state index in [1.54, 1.807) is 0 Å². The fourth-order valence-corrected chi connectivity index (χ4v) is 2.95. The number of benzene rings is 1. The van der Waals surface area contributed by atoms with Crippen LogP contribution in [-0.4, -0.2) is 31.1 Å². The molecular weight excluding hydrogens is 306 g/mol. The Kier molecular flexibility index (Phi) is 8.61. The first-order valence-corrected chi connectivity index (χ1v) is 7.72. The molecule has 1 atom stereocenters. The predicted molar refractivity (Wildman–Crippen MR) is 89.5 cm³/mol. The summed E-state index contributed by atoms with van der Waals surface area (Å²) in [6.07, 6.45) is 5.95. The number of halogens is 3. The van der Waals surface area contributed by atoms with Crippen LogP contribution in [-0.2, 0) is 0 Å². The predicted octanol–water partition coefficient (Wildman–Crippen LogP) is 4.08. The van der Waals surface area contributed by atoms with Crippen molar-refractivity contribution < 1.29 is 8.78 Å². The molecule has 1 aromatic rings. The molecule has 0 aromatic heterocycles. The molecule has 2 nitrogen and oxygen atoms in total. The Balaban J connectivity index is 0.00000242. The minimum atomic E-state index is -0.490. The summed E-state index contributed by atoms with van der Waals surface area (Å²) >= 11 is 0. The molecule has 5 heteroatoms. The zero-order valence-electron chi connectivity index (χ0n) is 12.9. The van der Waals surface area contributed by atoms with Gasteiger partial charge in [-0.15, -0.1) is 19.0 Å². The highest BCUT2D eigenvalue weighted by atomic mass is 35.5. The van der Waals surface area contributed by atoms with Crippen molar-refractivity contribution in [2.75, 3.05) is 26.2 Å². The lowest BCUT2D eigenvalue weighted by Crippen LogP contribution is -2.45. The van der Waals surface area contributed by atoms with Gasteiger partial charge in [-0.25, -0.2) is 8.78 Å². The normalized spacial score (nSPS) is 16.8. The van der Waals surface area contributed by atoms with Gasteiger partial charge < -0.3 is 5.32 Å². The molecule has 0 unspecified atom stereocenters. The van der Waals surface area contributed by atoms with Crippen molar-refractivity contribution in [3.63, 3.8) is 0 Å². The second kappa shape index (κ2) is 9.93. The molecule has 1 aromatic carbocycles. The van der Waals surface area contributed by atoms with Crippen molar-refractivity contribution >= 4 is 12.4 Å². The molecule has 1 aliphatic rings. The lowest BCUT2D eigenvalue weighted by Gasteiger charge is -2.35. The highest BCUT2D eigenvalue weighted by Gasteiger charge is 2.22. The van der Waals surface area contributed by atoms with E-state index < -0.39 is 11.6 Å². The maximum Gasteiger partial charge on any atom is 0.126 e. The Hall–Kier alpha value is -0.970. The van der Waals surface area contributed by atoms with E-state index in [0.29, 0.717) is 0 Å². The summed E-state index contributed by atoms with van der Waals surface area (Å²) in [6.45, 7) is 7.44. The Morgan fingerprint density at radius 1 is 1.14 bits per heavy atom. The molecule has 22 heavy (non-hydrogen) atoms. The first kappa shape index (κ1) is 19.1. The number of allylic oxidation sites excluding steroid dienone is 1. The van der Waals surface area contributed by atoms with Crippen LogP contribution in [0.25, 0.3) is 0 Å². The largest absolute Gasteiger partial charge is 0.314 e. The summed E-state index contributed by atoms with van der Waals surface area (Å²) in [5, 5.41) is 3.32. The van der Waals surface area contributed by atoms with Crippen LogP contribution in [0, 0.1) is 11.6 Å². The molecule has 1 aliphatic heterocycles. The van der Waals surface area contributed by atoms with Crippen LogP contribution in [0.5, 0.6) is 0 Å².